The number of aryl methyl sites for hydroxylation is 1. The van der Waals surface area contributed by atoms with Crippen molar-refractivity contribution in [3.05, 3.63) is 29.8 Å². The van der Waals surface area contributed by atoms with Crippen LogP contribution in [0.15, 0.2) is 24.3 Å². The Morgan fingerprint density at radius 1 is 1.42 bits per heavy atom. The van der Waals surface area contributed by atoms with Gasteiger partial charge in [-0.3, -0.25) is 4.79 Å². The van der Waals surface area contributed by atoms with E-state index in [2.05, 4.69) is 5.32 Å². The van der Waals surface area contributed by atoms with Gasteiger partial charge in [0.25, 0.3) is 0 Å². The van der Waals surface area contributed by atoms with E-state index in [9.17, 15) is 4.79 Å². The van der Waals surface area contributed by atoms with E-state index in [-0.39, 0.29) is 5.91 Å². The zero-order valence-electron chi connectivity index (χ0n) is 11.7. The van der Waals surface area contributed by atoms with E-state index >= 15 is 0 Å². The zero-order valence-corrected chi connectivity index (χ0v) is 11.7. The number of rotatable bonds is 6. The van der Waals surface area contributed by atoms with Gasteiger partial charge in [0.2, 0.25) is 5.91 Å². The van der Waals surface area contributed by atoms with E-state index in [0.717, 1.165) is 24.4 Å². The fraction of sp³-hybridized carbons (Fsp3) is 0.533. The smallest absolute Gasteiger partial charge is 0.222 e. The number of carbonyl (C=O) groups is 1. The number of para-hydroxylation sites is 1. The largest absolute Gasteiger partial charge is 0.491 e. The van der Waals surface area contributed by atoms with Crippen molar-refractivity contribution < 1.29 is 9.53 Å². The highest BCUT2D eigenvalue weighted by Crippen LogP contribution is 2.16. The Morgan fingerprint density at radius 3 is 2.79 bits per heavy atom. The van der Waals surface area contributed by atoms with Crippen molar-refractivity contribution in [2.45, 2.75) is 13.3 Å². The molecule has 4 heteroatoms. The topological polar surface area (TPSA) is 41.6 Å². The Kier molecular flexibility index (Phi) is 4.80. The maximum Gasteiger partial charge on any atom is 0.222 e. The lowest BCUT2D eigenvalue weighted by Crippen LogP contribution is -2.45. The molecule has 1 aliphatic heterocycles. The Morgan fingerprint density at radius 2 is 2.16 bits per heavy atom. The Labute approximate surface area is 114 Å². The summed E-state index contributed by atoms with van der Waals surface area (Å²) in [5, 5.41) is 3.18. The number of hydrogen-bond donors (Lipinski definition) is 1. The maximum atomic E-state index is 11.9. The van der Waals surface area contributed by atoms with E-state index in [1.54, 1.807) is 4.90 Å². The van der Waals surface area contributed by atoms with E-state index in [1.807, 2.05) is 38.2 Å². The molecule has 1 heterocycles. The summed E-state index contributed by atoms with van der Waals surface area (Å²) in [5.41, 5.74) is 1.12. The molecule has 0 saturated carbocycles. The lowest BCUT2D eigenvalue weighted by atomic mass is 9.99. The van der Waals surface area contributed by atoms with Gasteiger partial charge >= 0.3 is 0 Å². The summed E-state index contributed by atoms with van der Waals surface area (Å²) in [7, 11) is 1.84. The SMILES string of the molecule is Cc1ccccc1OCCN(C)C(=O)CC1CNC1. The summed E-state index contributed by atoms with van der Waals surface area (Å²) in [6, 6.07) is 7.93. The normalized spacial score (nSPS) is 14.8. The van der Waals surface area contributed by atoms with Crippen LogP contribution < -0.4 is 10.1 Å². The molecule has 0 unspecified atom stereocenters. The fourth-order valence-electron chi connectivity index (χ4n) is 2.03. The van der Waals surface area contributed by atoms with Crippen LogP contribution in [0, 0.1) is 12.8 Å². The molecule has 0 aromatic heterocycles. The number of hydrogen-bond acceptors (Lipinski definition) is 3. The van der Waals surface area contributed by atoms with Crippen LogP contribution in [-0.4, -0.2) is 44.1 Å². The van der Waals surface area contributed by atoms with Crippen LogP contribution in [-0.2, 0) is 4.79 Å². The van der Waals surface area contributed by atoms with Gasteiger partial charge in [0.15, 0.2) is 0 Å². The molecule has 4 nitrogen and oxygen atoms in total. The van der Waals surface area contributed by atoms with Crippen molar-refractivity contribution in [1.82, 2.24) is 10.2 Å². The lowest BCUT2D eigenvalue weighted by Gasteiger charge is -2.28. The minimum Gasteiger partial charge on any atom is -0.491 e. The third-order valence-corrected chi connectivity index (χ3v) is 3.53. The Balaban J connectivity index is 1.69. The number of likely N-dealkylation sites (N-methyl/N-ethyl adjacent to an activating group) is 1. The molecule has 0 spiro atoms. The first-order valence-corrected chi connectivity index (χ1v) is 6.80. The predicted molar refractivity (Wildman–Crippen MR) is 75.3 cm³/mol. The van der Waals surface area contributed by atoms with Gasteiger partial charge in [0.1, 0.15) is 12.4 Å². The maximum absolute atomic E-state index is 11.9. The molecule has 0 bridgehead atoms. The summed E-state index contributed by atoms with van der Waals surface area (Å²) in [4.78, 5) is 13.7. The molecule has 0 radical (unpaired) electrons. The third-order valence-electron chi connectivity index (χ3n) is 3.53. The highest BCUT2D eigenvalue weighted by molar-refractivity contribution is 5.76. The van der Waals surface area contributed by atoms with Crippen molar-refractivity contribution in [3.8, 4) is 5.75 Å². The van der Waals surface area contributed by atoms with Crippen LogP contribution in [0.3, 0.4) is 0 Å². The van der Waals surface area contributed by atoms with Crippen LogP contribution >= 0.6 is 0 Å². The molecule has 2 rings (SSSR count). The molecule has 1 N–H and O–H groups in total. The molecule has 0 aliphatic carbocycles. The van der Waals surface area contributed by atoms with Gasteiger partial charge in [-0.1, -0.05) is 18.2 Å². The molecule has 1 fully saturated rings. The molecule has 1 amide bonds. The van der Waals surface area contributed by atoms with Crippen LogP contribution in [0.1, 0.15) is 12.0 Å². The van der Waals surface area contributed by atoms with Crippen molar-refractivity contribution >= 4 is 5.91 Å². The average Bonchev–Trinajstić information content (AvgIpc) is 2.35. The predicted octanol–water partition coefficient (Wildman–Crippen LogP) is 1.44. The number of ether oxygens (including phenoxy) is 1. The first-order chi connectivity index (χ1) is 9.16. The first-order valence-electron chi connectivity index (χ1n) is 6.80. The summed E-state index contributed by atoms with van der Waals surface area (Å²) in [6.45, 7) is 5.13. The molecular formula is C15H22N2O2. The second-order valence-corrected chi connectivity index (χ2v) is 5.16. The molecule has 0 atom stereocenters. The fourth-order valence-corrected chi connectivity index (χ4v) is 2.03. The minimum atomic E-state index is 0.208. The second-order valence-electron chi connectivity index (χ2n) is 5.16. The van der Waals surface area contributed by atoms with E-state index in [1.165, 1.54) is 0 Å². The van der Waals surface area contributed by atoms with Gasteiger partial charge in [-0.2, -0.15) is 0 Å². The summed E-state index contributed by atoms with van der Waals surface area (Å²) < 4.78 is 5.70. The van der Waals surface area contributed by atoms with Crippen molar-refractivity contribution in [2.75, 3.05) is 33.3 Å². The molecule has 1 aromatic rings. The number of nitrogens with zero attached hydrogens (tertiary/aromatic N) is 1. The van der Waals surface area contributed by atoms with Crippen LogP contribution in [0.5, 0.6) is 5.75 Å². The first kappa shape index (κ1) is 13.9. The van der Waals surface area contributed by atoms with Crippen LogP contribution in [0.25, 0.3) is 0 Å². The number of nitrogens with one attached hydrogen (secondary N) is 1. The van der Waals surface area contributed by atoms with Gasteiger partial charge in [-0.05, 0) is 37.6 Å². The molecule has 1 aromatic carbocycles. The van der Waals surface area contributed by atoms with E-state index in [4.69, 9.17) is 4.74 Å². The highest BCUT2D eigenvalue weighted by Gasteiger charge is 2.21. The van der Waals surface area contributed by atoms with Gasteiger partial charge in [-0.15, -0.1) is 0 Å². The standard InChI is InChI=1S/C15H22N2O2/c1-12-5-3-4-6-14(12)19-8-7-17(2)15(18)9-13-10-16-11-13/h3-6,13,16H,7-11H2,1-2H3. The van der Waals surface area contributed by atoms with Crippen LogP contribution in [0.2, 0.25) is 0 Å². The minimum absolute atomic E-state index is 0.208. The van der Waals surface area contributed by atoms with Gasteiger partial charge in [-0.25, -0.2) is 0 Å². The third kappa shape index (κ3) is 3.96. The molecule has 104 valence electrons. The van der Waals surface area contributed by atoms with Gasteiger partial charge in [0.05, 0.1) is 6.54 Å². The molecule has 1 aliphatic rings. The number of benzene rings is 1. The molecule has 19 heavy (non-hydrogen) atoms. The van der Waals surface area contributed by atoms with E-state index < -0.39 is 0 Å². The van der Waals surface area contributed by atoms with Crippen molar-refractivity contribution in [2.24, 2.45) is 5.92 Å². The van der Waals surface area contributed by atoms with Crippen molar-refractivity contribution in [3.63, 3.8) is 0 Å². The number of amides is 1. The Bertz CT molecular complexity index is 430. The van der Waals surface area contributed by atoms with Gasteiger partial charge in [0, 0.05) is 13.5 Å². The number of carbonyl (C=O) groups excluding carboxylic acids is 1. The van der Waals surface area contributed by atoms with Gasteiger partial charge < -0.3 is 15.0 Å². The zero-order chi connectivity index (χ0) is 13.7. The highest BCUT2D eigenvalue weighted by atomic mass is 16.5. The Hall–Kier alpha value is -1.55. The lowest BCUT2D eigenvalue weighted by molar-refractivity contribution is -0.131. The van der Waals surface area contributed by atoms with Crippen molar-refractivity contribution in [1.29, 1.82) is 0 Å². The van der Waals surface area contributed by atoms with E-state index in [0.29, 0.717) is 25.5 Å². The average molecular weight is 262 g/mol. The second kappa shape index (κ2) is 6.57. The summed E-state index contributed by atoms with van der Waals surface area (Å²) in [5.74, 6) is 1.62. The van der Waals surface area contributed by atoms with Crippen LogP contribution in [0.4, 0.5) is 0 Å². The summed E-state index contributed by atoms with van der Waals surface area (Å²) in [6.07, 6.45) is 0.647. The molecule has 1 saturated heterocycles. The molecular weight excluding hydrogens is 240 g/mol. The quantitative estimate of drug-likeness (QED) is 0.843. The monoisotopic (exact) mass is 262 g/mol. The summed E-state index contributed by atoms with van der Waals surface area (Å²) >= 11 is 0.